The van der Waals surface area contributed by atoms with Crippen LogP contribution in [0.15, 0.2) is 54.0 Å². The van der Waals surface area contributed by atoms with Gasteiger partial charge in [0.05, 0.1) is 31.7 Å². The molecule has 27 nitrogen and oxygen atoms in total. The van der Waals surface area contributed by atoms with Crippen LogP contribution >= 0.6 is 16.5 Å². The molecule has 6 rings (SSSR count). The lowest BCUT2D eigenvalue weighted by Gasteiger charge is -2.16. The van der Waals surface area contributed by atoms with Crippen LogP contribution < -0.4 is 33.9 Å². The van der Waals surface area contributed by atoms with Crippen LogP contribution in [0.5, 0.6) is 0 Å². The van der Waals surface area contributed by atoms with Gasteiger partial charge in [0.2, 0.25) is 0 Å². The van der Waals surface area contributed by atoms with Gasteiger partial charge < -0.3 is 62.5 Å². The molecule has 0 radical (unpaired) electrons. The van der Waals surface area contributed by atoms with E-state index in [0.717, 1.165) is 5.56 Å². The maximum atomic E-state index is 11.6. The summed E-state index contributed by atoms with van der Waals surface area (Å²) < 4.78 is 49.0. The van der Waals surface area contributed by atoms with Crippen LogP contribution in [-0.2, 0) is 43.8 Å². The number of anilines is 3. The molecule has 0 spiro atoms. The minimum absolute atomic E-state index is 0.113. The Balaban J connectivity index is 0.000000243. The van der Waals surface area contributed by atoms with Crippen LogP contribution in [0.3, 0.4) is 0 Å². The van der Waals surface area contributed by atoms with Gasteiger partial charge in [0.1, 0.15) is 42.6 Å². The molecule has 342 valence electrons. The summed E-state index contributed by atoms with van der Waals surface area (Å²) in [6, 6.07) is 7.78. The number of aromatic nitrogens is 6. The van der Waals surface area contributed by atoms with Gasteiger partial charge in [0.15, 0.2) is 17.7 Å². The van der Waals surface area contributed by atoms with E-state index >= 15 is 0 Å². The third kappa shape index (κ3) is 16.5. The molecular formula is C33H49N11O16P2. The number of hydrogen-bond acceptors (Lipinski definition) is 21. The molecule has 2 aliphatic heterocycles. The van der Waals surface area contributed by atoms with Crippen LogP contribution in [0.2, 0.25) is 0 Å². The van der Waals surface area contributed by atoms with Gasteiger partial charge in [-0.2, -0.15) is 4.98 Å². The van der Waals surface area contributed by atoms with Crippen molar-refractivity contribution in [3.8, 4) is 0 Å². The molecule has 6 atom stereocenters. The largest absolute Gasteiger partial charge is 0.480 e. The van der Waals surface area contributed by atoms with Crippen molar-refractivity contribution in [2.75, 3.05) is 37.0 Å². The van der Waals surface area contributed by atoms with Crippen molar-refractivity contribution in [3.05, 3.63) is 65.2 Å². The van der Waals surface area contributed by atoms with Gasteiger partial charge in [-0.25, -0.2) is 33.7 Å². The van der Waals surface area contributed by atoms with E-state index in [-0.39, 0.29) is 37.6 Å². The van der Waals surface area contributed by atoms with E-state index in [1.165, 1.54) is 29.5 Å². The number of benzene rings is 1. The molecule has 2 saturated heterocycles. The molecule has 4 aromatic rings. The van der Waals surface area contributed by atoms with E-state index in [0.29, 0.717) is 61.9 Å². The highest BCUT2D eigenvalue weighted by Crippen LogP contribution is 2.38. The Morgan fingerprint density at radius 1 is 1.02 bits per heavy atom. The quantitative estimate of drug-likeness (QED) is 0.0245. The Bertz CT molecular complexity index is 2150. The second-order valence-electron chi connectivity index (χ2n) is 13.2. The predicted octanol–water partition coefficient (Wildman–Crippen LogP) is 0.987. The van der Waals surface area contributed by atoms with Gasteiger partial charge in [-0.15, -0.1) is 0 Å². The molecule has 5 heterocycles. The number of ether oxygens (including phenoxy) is 3. The van der Waals surface area contributed by atoms with E-state index < -0.39 is 65.0 Å². The molecular weight excluding hydrogens is 868 g/mol. The molecule has 5 unspecified atom stereocenters. The number of imidazole rings is 1. The summed E-state index contributed by atoms with van der Waals surface area (Å²) in [7, 11) is -4.91. The molecule has 1 amide bonds. The summed E-state index contributed by atoms with van der Waals surface area (Å²) in [5.41, 5.74) is 23.9. The van der Waals surface area contributed by atoms with Gasteiger partial charge in [-0.1, -0.05) is 18.2 Å². The number of aliphatic hydroxyl groups excluding tert-OH is 1. The van der Waals surface area contributed by atoms with Gasteiger partial charge >= 0.3 is 34.3 Å². The fraction of sp³-hybridized carbons (Fsp3) is 0.485. The zero-order valence-electron chi connectivity index (χ0n) is 32.8. The molecule has 2 aliphatic rings. The summed E-state index contributed by atoms with van der Waals surface area (Å²) >= 11 is 0. The number of carbonyl (C=O) groups excluding carboxylic acids is 1. The van der Waals surface area contributed by atoms with Crippen LogP contribution in [0.25, 0.3) is 11.2 Å². The molecule has 1 aromatic carbocycles. The summed E-state index contributed by atoms with van der Waals surface area (Å²) in [6.45, 7) is 0.443. The smallest absolute Gasteiger partial charge is 0.469 e. The second kappa shape index (κ2) is 25.6. The molecule has 0 bridgehead atoms. The predicted molar refractivity (Wildman–Crippen MR) is 216 cm³/mol. The summed E-state index contributed by atoms with van der Waals surface area (Å²) in [4.78, 5) is 66.4. The molecule has 3 aromatic heterocycles. The standard InChI is InChI=1S/C14H21N3O4.C10H12N5O4P.C9H14N3O6P.H2O2/c15-11-6-2-1-5-10(11)9-21-14(20)17-8-4-3-7-12(16)13(18)19;11-8-7-9(13-3-12-8)15(4-14-7)10-6(16)1-5(19-10)2-18-20-17;10-7-3-4-12(9(13)11-7)8-2-1-6(18-8)5-17-19(14,15)16;1-2/h1-2,5-6,12H,3-4,7-9,15-16H2,(H,17,20)(H,18,19);3-6,10,16H,1-2H2,(H2,11,12,13);3-4,6,8H,1-2,5H2,(H2,10,11,13)(H2,14,15,16);1-2H/t;5?,6-,10?;;/m.1../s1. The first-order valence-electron chi connectivity index (χ1n) is 18.4. The third-order valence-electron chi connectivity index (χ3n) is 8.76. The number of para-hydroxylation sites is 1. The van der Waals surface area contributed by atoms with E-state index in [1.54, 1.807) is 22.8 Å². The lowest BCUT2D eigenvalue weighted by atomic mass is 10.1. The average Bonchev–Trinajstić information content (AvgIpc) is 3.99. The molecule has 29 heteroatoms. The fourth-order valence-electron chi connectivity index (χ4n) is 5.76. The van der Waals surface area contributed by atoms with Gasteiger partial charge in [0, 0.05) is 30.4 Å². The first kappa shape index (κ1) is 51.1. The SMILES string of the molecule is Nc1ccccc1COC(=O)NCCCCC(N)C(=O)O.Nc1ccn(C2CCC(COP(=O)(O)O)O2)c(=O)n1.Nc1ncnc2c1ncn2C1OC(COP=O)C[C@H]1O.OO. The van der Waals surface area contributed by atoms with E-state index in [4.69, 9.17) is 67.1 Å². The summed E-state index contributed by atoms with van der Waals surface area (Å²) in [6.07, 6.45) is 4.15. The number of alkyl carbamates (subject to hydrolysis) is 1. The van der Waals surface area contributed by atoms with Crippen molar-refractivity contribution < 1.29 is 72.5 Å². The number of aliphatic carboxylic acids is 1. The minimum atomic E-state index is -4.50. The van der Waals surface area contributed by atoms with Gasteiger partial charge in [-0.3, -0.25) is 33.5 Å². The molecule has 62 heavy (non-hydrogen) atoms. The lowest BCUT2D eigenvalue weighted by Crippen LogP contribution is -2.30. The number of carboxylic acid groups (broad SMARTS) is 1. The maximum absolute atomic E-state index is 11.6. The Morgan fingerprint density at radius 2 is 1.76 bits per heavy atom. The Labute approximate surface area is 353 Å². The van der Waals surface area contributed by atoms with Crippen molar-refractivity contribution in [1.82, 2.24) is 34.4 Å². The number of aliphatic hydroxyl groups is 1. The third-order valence-corrected chi connectivity index (χ3v) is 9.50. The summed E-state index contributed by atoms with van der Waals surface area (Å²) in [5.74, 6) is -0.616. The minimum Gasteiger partial charge on any atom is -0.480 e. The number of rotatable bonds is 16. The number of nitrogen functional groups attached to an aromatic ring is 3. The van der Waals surface area contributed by atoms with E-state index in [1.807, 2.05) is 6.07 Å². The number of hydrogen-bond donors (Lipinski definition) is 11. The second-order valence-corrected chi connectivity index (χ2v) is 14.8. The Morgan fingerprint density at radius 3 is 2.44 bits per heavy atom. The van der Waals surface area contributed by atoms with Crippen molar-refractivity contribution in [2.24, 2.45) is 5.73 Å². The average molecular weight is 918 g/mol. The maximum Gasteiger partial charge on any atom is 0.469 e. The number of carboxylic acids is 1. The number of nitrogens with two attached hydrogens (primary N) is 4. The highest BCUT2D eigenvalue weighted by Gasteiger charge is 2.36. The highest BCUT2D eigenvalue weighted by atomic mass is 31.2. The van der Waals surface area contributed by atoms with Crippen LogP contribution in [0.4, 0.5) is 22.1 Å². The number of phosphoric ester groups is 1. The van der Waals surface area contributed by atoms with Crippen LogP contribution in [0, 0.1) is 0 Å². The highest BCUT2D eigenvalue weighted by molar-refractivity contribution is 7.46. The lowest BCUT2D eigenvalue weighted by molar-refractivity contribution is -0.176. The van der Waals surface area contributed by atoms with Gasteiger partial charge in [0.25, 0.3) is 0 Å². The molecule has 0 aliphatic carbocycles. The Kier molecular flexibility index (Phi) is 21.1. The fourth-order valence-corrected chi connectivity index (χ4v) is 6.35. The molecule has 0 saturated carbocycles. The first-order chi connectivity index (χ1) is 29.6. The van der Waals surface area contributed by atoms with Gasteiger partial charge in [-0.05, 0) is 44.2 Å². The molecule has 2 fully saturated rings. The number of fused-ring (bicyclic) bond motifs is 1. The Hall–Kier alpha value is -5.28. The first-order valence-corrected chi connectivity index (χ1v) is 20.7. The number of phosphoric acid groups is 1. The summed E-state index contributed by atoms with van der Waals surface area (Å²) in [5, 5.41) is 33.3. The topological polar surface area (TPSA) is 430 Å². The van der Waals surface area contributed by atoms with Crippen molar-refractivity contribution in [2.45, 2.75) is 81.9 Å². The van der Waals surface area contributed by atoms with Crippen LogP contribution in [-0.4, -0.2) is 116 Å². The number of carbonyl (C=O) groups is 2. The number of unbranched alkanes of at least 4 members (excludes halogenated alkanes) is 1. The van der Waals surface area contributed by atoms with Crippen molar-refractivity contribution in [1.29, 1.82) is 0 Å². The number of nitrogens with one attached hydrogen (secondary N) is 1. The van der Waals surface area contributed by atoms with Crippen molar-refractivity contribution >= 4 is 57.1 Å². The normalized spacial score (nSPS) is 19.9. The number of nitrogens with zero attached hydrogens (tertiary/aromatic N) is 6. The van der Waals surface area contributed by atoms with Crippen LogP contribution in [0.1, 0.15) is 56.5 Å². The molecule has 15 N–H and O–H groups in total. The monoisotopic (exact) mass is 917 g/mol. The van der Waals surface area contributed by atoms with E-state index in [9.17, 15) is 28.6 Å². The zero-order valence-corrected chi connectivity index (χ0v) is 34.6. The van der Waals surface area contributed by atoms with Crippen molar-refractivity contribution in [3.63, 3.8) is 0 Å². The zero-order chi connectivity index (χ0) is 45.8. The number of amides is 1. The van der Waals surface area contributed by atoms with E-state index in [2.05, 4.69) is 29.8 Å².